The van der Waals surface area contributed by atoms with Crippen molar-refractivity contribution in [3.8, 4) is 5.88 Å². The molecule has 0 aliphatic carbocycles. The lowest BCUT2D eigenvalue weighted by molar-refractivity contribution is -0.143. The van der Waals surface area contributed by atoms with Gasteiger partial charge in [0.15, 0.2) is 5.96 Å². The maximum Gasteiger partial charge on any atom is 0.401 e. The summed E-state index contributed by atoms with van der Waals surface area (Å²) in [6.45, 7) is 2.86. The molecule has 1 fully saturated rings. The maximum absolute atomic E-state index is 12.5. The van der Waals surface area contributed by atoms with E-state index in [-0.39, 0.29) is 6.04 Å². The van der Waals surface area contributed by atoms with Gasteiger partial charge in [-0.1, -0.05) is 6.07 Å². The van der Waals surface area contributed by atoms with E-state index in [1.54, 1.807) is 13.2 Å². The van der Waals surface area contributed by atoms with Crippen LogP contribution in [0, 0.1) is 0 Å². The zero-order valence-corrected chi connectivity index (χ0v) is 14.4. The molecule has 1 aliphatic heterocycles. The Labute approximate surface area is 145 Å². The number of nitrogens with one attached hydrogen (secondary N) is 2. The van der Waals surface area contributed by atoms with E-state index >= 15 is 0 Å². The van der Waals surface area contributed by atoms with Crippen LogP contribution in [-0.4, -0.2) is 61.4 Å². The van der Waals surface area contributed by atoms with Crippen LogP contribution in [0.1, 0.15) is 19.0 Å². The molecule has 1 aromatic heterocycles. The van der Waals surface area contributed by atoms with Crippen LogP contribution in [0.25, 0.3) is 0 Å². The highest BCUT2D eigenvalue weighted by Gasteiger charge is 2.34. The third kappa shape index (κ3) is 6.77. The second kappa shape index (κ2) is 8.89. The van der Waals surface area contributed by atoms with Crippen molar-refractivity contribution in [2.24, 2.45) is 4.99 Å². The molecule has 0 saturated carbocycles. The third-order valence-corrected chi connectivity index (χ3v) is 3.75. The standard InChI is InChI=1S/C16H24F3N5O/c1-3-20-15(21-9-12-5-4-6-14(22-12)25-2)23-13-7-8-24(10-13)11-16(17,18)19/h4-6,13H,3,7-11H2,1-2H3,(H2,20,21,23). The zero-order chi connectivity index (χ0) is 18.3. The van der Waals surface area contributed by atoms with Crippen molar-refractivity contribution in [2.75, 3.05) is 33.3 Å². The molecule has 2 heterocycles. The second-order valence-electron chi connectivity index (χ2n) is 5.85. The zero-order valence-electron chi connectivity index (χ0n) is 14.4. The van der Waals surface area contributed by atoms with Crippen LogP contribution >= 0.6 is 0 Å². The quantitative estimate of drug-likeness (QED) is 0.599. The molecule has 0 radical (unpaired) electrons. The minimum atomic E-state index is -4.16. The number of aliphatic imine (C=N–C) groups is 1. The number of alkyl halides is 3. The predicted octanol–water partition coefficient (Wildman–Crippen LogP) is 1.78. The number of pyridine rings is 1. The van der Waals surface area contributed by atoms with E-state index in [0.717, 1.165) is 5.69 Å². The SMILES string of the molecule is CCNC(=NCc1cccc(OC)n1)NC1CCN(CC(F)(F)F)C1. The number of rotatable bonds is 6. The van der Waals surface area contributed by atoms with Gasteiger partial charge in [0.2, 0.25) is 5.88 Å². The van der Waals surface area contributed by atoms with E-state index in [2.05, 4.69) is 20.6 Å². The molecule has 0 aromatic carbocycles. The highest BCUT2D eigenvalue weighted by molar-refractivity contribution is 5.80. The molecule has 140 valence electrons. The Morgan fingerprint density at radius 2 is 2.24 bits per heavy atom. The Kier molecular flexibility index (Phi) is 6.86. The van der Waals surface area contributed by atoms with Gasteiger partial charge in [-0.05, 0) is 19.4 Å². The minimum Gasteiger partial charge on any atom is -0.481 e. The fourth-order valence-electron chi connectivity index (χ4n) is 2.68. The van der Waals surface area contributed by atoms with Gasteiger partial charge in [-0.25, -0.2) is 9.98 Å². The summed E-state index contributed by atoms with van der Waals surface area (Å²) >= 11 is 0. The Bertz CT molecular complexity index is 579. The molecule has 2 rings (SSSR count). The van der Waals surface area contributed by atoms with Crippen molar-refractivity contribution in [3.63, 3.8) is 0 Å². The van der Waals surface area contributed by atoms with Crippen LogP contribution in [0.2, 0.25) is 0 Å². The van der Waals surface area contributed by atoms with Gasteiger partial charge in [-0.3, -0.25) is 4.90 Å². The molecule has 0 bridgehead atoms. The first-order valence-corrected chi connectivity index (χ1v) is 8.23. The van der Waals surface area contributed by atoms with Gasteiger partial charge in [-0.2, -0.15) is 13.2 Å². The lowest BCUT2D eigenvalue weighted by atomic mass is 10.3. The van der Waals surface area contributed by atoms with E-state index in [1.165, 1.54) is 4.90 Å². The fourth-order valence-corrected chi connectivity index (χ4v) is 2.68. The molecule has 25 heavy (non-hydrogen) atoms. The van der Waals surface area contributed by atoms with Gasteiger partial charge >= 0.3 is 6.18 Å². The minimum absolute atomic E-state index is 0.0570. The molecular formula is C16H24F3N5O. The van der Waals surface area contributed by atoms with Crippen LogP contribution in [-0.2, 0) is 6.54 Å². The first-order chi connectivity index (χ1) is 11.9. The Morgan fingerprint density at radius 3 is 2.92 bits per heavy atom. The Balaban J connectivity index is 1.91. The maximum atomic E-state index is 12.5. The number of hydrogen-bond donors (Lipinski definition) is 2. The molecule has 1 atom stereocenters. The van der Waals surface area contributed by atoms with Gasteiger partial charge in [0.1, 0.15) is 0 Å². The van der Waals surface area contributed by atoms with Gasteiger partial charge in [0.25, 0.3) is 0 Å². The summed E-state index contributed by atoms with van der Waals surface area (Å²) in [7, 11) is 1.55. The number of likely N-dealkylation sites (tertiary alicyclic amines) is 1. The number of halogens is 3. The Morgan fingerprint density at radius 1 is 1.44 bits per heavy atom. The number of nitrogens with zero attached hydrogens (tertiary/aromatic N) is 3. The largest absolute Gasteiger partial charge is 0.481 e. The van der Waals surface area contributed by atoms with E-state index in [4.69, 9.17) is 4.74 Å². The number of aromatic nitrogens is 1. The van der Waals surface area contributed by atoms with Crippen LogP contribution < -0.4 is 15.4 Å². The normalized spacial score (nSPS) is 19.1. The van der Waals surface area contributed by atoms with Gasteiger partial charge in [0, 0.05) is 31.7 Å². The van der Waals surface area contributed by atoms with Crippen LogP contribution in [0.15, 0.2) is 23.2 Å². The molecule has 0 spiro atoms. The molecule has 2 N–H and O–H groups in total. The highest BCUT2D eigenvalue weighted by atomic mass is 19.4. The summed E-state index contributed by atoms with van der Waals surface area (Å²) < 4.78 is 42.5. The van der Waals surface area contributed by atoms with Gasteiger partial charge in [0.05, 0.1) is 25.9 Å². The lowest BCUT2D eigenvalue weighted by Crippen LogP contribution is -2.45. The van der Waals surface area contributed by atoms with Crippen LogP contribution in [0.4, 0.5) is 13.2 Å². The molecule has 1 saturated heterocycles. The summed E-state index contributed by atoms with van der Waals surface area (Å²) in [5.41, 5.74) is 0.752. The number of hydrogen-bond acceptors (Lipinski definition) is 4. The molecule has 0 amide bonds. The third-order valence-electron chi connectivity index (χ3n) is 3.75. The summed E-state index contributed by atoms with van der Waals surface area (Å²) in [4.78, 5) is 10.2. The topological polar surface area (TPSA) is 61.8 Å². The fraction of sp³-hybridized carbons (Fsp3) is 0.625. The molecular weight excluding hydrogens is 335 g/mol. The van der Waals surface area contributed by atoms with E-state index in [0.29, 0.717) is 44.4 Å². The number of ether oxygens (including phenoxy) is 1. The van der Waals surface area contributed by atoms with Crippen molar-refractivity contribution in [2.45, 2.75) is 32.1 Å². The summed E-state index contributed by atoms with van der Waals surface area (Å²) in [6.07, 6.45) is -3.51. The van der Waals surface area contributed by atoms with Crippen molar-refractivity contribution >= 4 is 5.96 Å². The number of methoxy groups -OCH3 is 1. The monoisotopic (exact) mass is 359 g/mol. The number of guanidine groups is 1. The summed E-state index contributed by atoms with van der Waals surface area (Å²) in [5.74, 6) is 1.09. The van der Waals surface area contributed by atoms with Crippen molar-refractivity contribution in [1.29, 1.82) is 0 Å². The van der Waals surface area contributed by atoms with E-state index < -0.39 is 12.7 Å². The van der Waals surface area contributed by atoms with Crippen LogP contribution in [0.3, 0.4) is 0 Å². The summed E-state index contributed by atoms with van der Waals surface area (Å²) in [5, 5.41) is 6.31. The smallest absolute Gasteiger partial charge is 0.401 e. The molecule has 1 aliphatic rings. The van der Waals surface area contributed by atoms with Gasteiger partial charge in [-0.15, -0.1) is 0 Å². The average Bonchev–Trinajstić information content (AvgIpc) is 2.98. The second-order valence-corrected chi connectivity index (χ2v) is 5.85. The highest BCUT2D eigenvalue weighted by Crippen LogP contribution is 2.19. The molecule has 6 nitrogen and oxygen atoms in total. The average molecular weight is 359 g/mol. The Hall–Kier alpha value is -2.03. The molecule has 1 aromatic rings. The molecule has 1 unspecified atom stereocenters. The lowest BCUT2D eigenvalue weighted by Gasteiger charge is -2.19. The summed E-state index contributed by atoms with van der Waals surface area (Å²) in [6, 6.07) is 5.38. The van der Waals surface area contributed by atoms with Crippen molar-refractivity contribution in [3.05, 3.63) is 23.9 Å². The predicted molar refractivity (Wildman–Crippen MR) is 89.6 cm³/mol. The van der Waals surface area contributed by atoms with Crippen molar-refractivity contribution < 1.29 is 17.9 Å². The van der Waals surface area contributed by atoms with Crippen molar-refractivity contribution in [1.82, 2.24) is 20.5 Å². The van der Waals surface area contributed by atoms with E-state index in [1.807, 2.05) is 19.1 Å². The van der Waals surface area contributed by atoms with Crippen LogP contribution in [0.5, 0.6) is 5.88 Å². The first kappa shape index (κ1) is 19.3. The van der Waals surface area contributed by atoms with E-state index in [9.17, 15) is 13.2 Å². The molecule has 9 heteroatoms. The van der Waals surface area contributed by atoms with Gasteiger partial charge < -0.3 is 15.4 Å². The first-order valence-electron chi connectivity index (χ1n) is 8.23.